The van der Waals surface area contributed by atoms with E-state index in [1.165, 1.54) is 11.3 Å². The summed E-state index contributed by atoms with van der Waals surface area (Å²) in [7, 11) is 0. The second-order valence-electron chi connectivity index (χ2n) is 8.30. The minimum Gasteiger partial charge on any atom is -0.490 e. The first-order valence-electron chi connectivity index (χ1n) is 10.7. The van der Waals surface area contributed by atoms with E-state index >= 15 is 0 Å². The first kappa shape index (κ1) is 21.4. The first-order valence-corrected chi connectivity index (χ1v) is 12.5. The molecule has 0 spiro atoms. The van der Waals surface area contributed by atoms with Crippen LogP contribution in [0.15, 0.2) is 53.6 Å². The highest BCUT2D eigenvalue weighted by Crippen LogP contribution is 2.49. The predicted octanol–water partition coefficient (Wildman–Crippen LogP) is 4.89. The van der Waals surface area contributed by atoms with E-state index in [9.17, 15) is 9.59 Å². The monoisotopic (exact) mass is 514 g/mol. The van der Waals surface area contributed by atoms with Gasteiger partial charge in [-0.25, -0.2) is 4.98 Å². The van der Waals surface area contributed by atoms with Crippen LogP contribution in [0.25, 0.3) is 0 Å². The molecule has 1 saturated carbocycles. The number of ketones is 1. The molecule has 3 aliphatic rings. The van der Waals surface area contributed by atoms with Crippen molar-refractivity contribution in [2.45, 2.75) is 43.2 Å². The number of nitrogens with zero attached hydrogens (tertiary/aromatic N) is 2. The number of anilines is 1. The molecule has 8 heteroatoms. The van der Waals surface area contributed by atoms with Gasteiger partial charge in [0, 0.05) is 10.2 Å². The second-order valence-corrected chi connectivity index (χ2v) is 10.4. The zero-order valence-electron chi connectivity index (χ0n) is 17.6. The third-order valence-electron chi connectivity index (χ3n) is 6.16. The van der Waals surface area contributed by atoms with Gasteiger partial charge in [-0.05, 0) is 43.9 Å². The van der Waals surface area contributed by atoms with Crippen LogP contribution in [0.4, 0.5) is 5.13 Å². The van der Waals surface area contributed by atoms with Gasteiger partial charge >= 0.3 is 0 Å². The van der Waals surface area contributed by atoms with Crippen molar-refractivity contribution >= 4 is 44.1 Å². The number of aromatic nitrogens is 1. The third kappa shape index (κ3) is 3.59. The van der Waals surface area contributed by atoms with Crippen molar-refractivity contribution in [3.05, 3.63) is 64.9 Å². The molecule has 1 aromatic heterocycles. The van der Waals surface area contributed by atoms with Gasteiger partial charge in [-0.2, -0.15) is 0 Å². The number of ether oxygens (including phenoxy) is 2. The molecule has 32 heavy (non-hydrogen) atoms. The van der Waals surface area contributed by atoms with Gasteiger partial charge in [-0.1, -0.05) is 40.7 Å². The van der Waals surface area contributed by atoms with Gasteiger partial charge in [0.2, 0.25) is 0 Å². The fourth-order valence-corrected chi connectivity index (χ4v) is 6.18. The summed E-state index contributed by atoms with van der Waals surface area (Å²) in [5.41, 5.74) is 2.10. The molecule has 0 saturated heterocycles. The molecule has 0 bridgehead atoms. The predicted molar refractivity (Wildman–Crippen MR) is 126 cm³/mol. The molecular formula is C24H23BrN2O4S. The van der Waals surface area contributed by atoms with Crippen LogP contribution >= 0.6 is 27.3 Å². The Morgan fingerprint density at radius 2 is 2.09 bits per heavy atom. The molecule has 1 fully saturated rings. The van der Waals surface area contributed by atoms with E-state index in [0.29, 0.717) is 29.5 Å². The highest BCUT2D eigenvalue weighted by molar-refractivity contribution is 9.09. The molecule has 2 aromatic rings. The molecule has 0 radical (unpaired) electrons. The highest BCUT2D eigenvalue weighted by atomic mass is 79.9. The second kappa shape index (κ2) is 8.48. The Balaban J connectivity index is 1.58. The number of benzene rings is 1. The molecule has 166 valence electrons. The molecule has 4 unspecified atom stereocenters. The van der Waals surface area contributed by atoms with Gasteiger partial charge < -0.3 is 9.47 Å². The largest absolute Gasteiger partial charge is 0.490 e. The molecule has 0 N–H and O–H groups in total. The van der Waals surface area contributed by atoms with Gasteiger partial charge in [-0.15, -0.1) is 11.3 Å². The number of alkyl halides is 1. The zero-order valence-corrected chi connectivity index (χ0v) is 20.0. The van der Waals surface area contributed by atoms with Crippen LogP contribution in [0.5, 0.6) is 5.75 Å². The van der Waals surface area contributed by atoms with Crippen LogP contribution in [0.1, 0.15) is 36.6 Å². The van der Waals surface area contributed by atoms with Crippen LogP contribution in [-0.4, -0.2) is 34.2 Å². The summed E-state index contributed by atoms with van der Waals surface area (Å²) in [6, 6.07) is 6.92. The molecule has 1 amide bonds. The van der Waals surface area contributed by atoms with Crippen molar-refractivity contribution in [1.29, 1.82) is 0 Å². The third-order valence-corrected chi connectivity index (χ3v) is 7.95. The zero-order chi connectivity index (χ0) is 22.4. The van der Waals surface area contributed by atoms with Crippen molar-refractivity contribution < 1.29 is 19.1 Å². The summed E-state index contributed by atoms with van der Waals surface area (Å²) >= 11 is 5.06. The Bertz CT molecular complexity index is 1110. The van der Waals surface area contributed by atoms with E-state index in [1.54, 1.807) is 11.0 Å². The first-order chi connectivity index (χ1) is 15.5. The summed E-state index contributed by atoms with van der Waals surface area (Å²) in [5, 5.41) is 2.47. The number of carbonyl (C=O) groups excluding carboxylic acids is 2. The smallest absolute Gasteiger partial charge is 0.296 e. The summed E-state index contributed by atoms with van der Waals surface area (Å²) in [6.07, 6.45) is 3.84. The maximum Gasteiger partial charge on any atom is 0.296 e. The van der Waals surface area contributed by atoms with Crippen LogP contribution in [0.2, 0.25) is 0 Å². The summed E-state index contributed by atoms with van der Waals surface area (Å²) in [6.45, 7) is 5.96. The number of thiazole rings is 1. The Kier molecular flexibility index (Phi) is 5.67. The number of hydrogen-bond donors (Lipinski definition) is 0. The average molecular weight is 515 g/mol. The lowest BCUT2D eigenvalue weighted by atomic mass is 9.77. The van der Waals surface area contributed by atoms with Gasteiger partial charge in [-0.3, -0.25) is 14.5 Å². The molecular weight excluding hydrogens is 492 g/mol. The summed E-state index contributed by atoms with van der Waals surface area (Å²) in [4.78, 5) is 33.7. The van der Waals surface area contributed by atoms with E-state index in [1.807, 2.05) is 36.6 Å². The fraction of sp³-hybridized carbons (Fsp3) is 0.375. The highest BCUT2D eigenvalue weighted by Gasteiger charge is 2.53. The van der Waals surface area contributed by atoms with Gasteiger partial charge in [0.05, 0.1) is 23.2 Å². The van der Waals surface area contributed by atoms with Crippen molar-refractivity contribution in [2.24, 2.45) is 5.92 Å². The molecule has 5 rings (SSSR count). The topological polar surface area (TPSA) is 68.7 Å². The molecule has 1 aliphatic carbocycles. The Morgan fingerprint density at radius 3 is 2.78 bits per heavy atom. The molecule has 4 atom stereocenters. The Labute approximate surface area is 199 Å². The molecule has 1 aromatic carbocycles. The number of halogens is 1. The fourth-order valence-electron chi connectivity index (χ4n) is 4.68. The van der Waals surface area contributed by atoms with Crippen LogP contribution in [0.3, 0.4) is 0 Å². The van der Waals surface area contributed by atoms with Crippen molar-refractivity contribution in [1.82, 2.24) is 4.98 Å². The van der Waals surface area contributed by atoms with Crippen molar-refractivity contribution in [3.63, 3.8) is 0 Å². The molecule has 3 heterocycles. The number of Topliss-reactive ketones (excluding diaryl/α,β-unsaturated/α-hetero) is 1. The maximum absolute atomic E-state index is 13.7. The molecule has 6 nitrogen and oxygen atoms in total. The van der Waals surface area contributed by atoms with E-state index in [4.69, 9.17) is 9.47 Å². The minimum atomic E-state index is -0.569. The lowest BCUT2D eigenvalue weighted by Gasteiger charge is -2.37. The van der Waals surface area contributed by atoms with Crippen LogP contribution in [0, 0.1) is 12.8 Å². The standard InChI is InChI=1S/C24H23BrN2O4S/c1-3-10-30-16-7-4-14(5-8-16)20-19-21(28)17-11-15(25)6-9-18(17)31-22(19)23(29)27(20)24-26-13(2)12-32-24/h3-5,7-8,12,15,17-18,20H,1,6,9-11H2,2H3. The van der Waals surface area contributed by atoms with E-state index < -0.39 is 6.04 Å². The lowest BCUT2D eigenvalue weighted by molar-refractivity contribution is -0.131. The number of fused-ring (bicyclic) bond motifs is 1. The quantitative estimate of drug-likeness (QED) is 0.419. The van der Waals surface area contributed by atoms with E-state index in [2.05, 4.69) is 27.5 Å². The summed E-state index contributed by atoms with van der Waals surface area (Å²) in [5.74, 6) is 0.370. The van der Waals surface area contributed by atoms with Gasteiger partial charge in [0.1, 0.15) is 18.5 Å². The number of amides is 1. The Hall–Kier alpha value is -2.45. The summed E-state index contributed by atoms with van der Waals surface area (Å²) < 4.78 is 11.8. The normalized spacial score (nSPS) is 27.1. The SMILES string of the molecule is C=CCOc1ccc(C2C3=C(OC4CCC(Br)CC4C3=O)C(=O)N2c2nc(C)cs2)cc1. The maximum atomic E-state index is 13.7. The van der Waals surface area contributed by atoms with Crippen LogP contribution in [-0.2, 0) is 14.3 Å². The number of rotatable bonds is 5. The van der Waals surface area contributed by atoms with E-state index in [0.717, 1.165) is 24.1 Å². The van der Waals surface area contributed by atoms with Gasteiger partial charge in [0.25, 0.3) is 5.91 Å². The van der Waals surface area contributed by atoms with Crippen molar-refractivity contribution in [2.75, 3.05) is 11.5 Å². The number of aryl methyl sites for hydroxylation is 1. The minimum absolute atomic E-state index is 0.0153. The number of carbonyl (C=O) groups is 2. The lowest BCUT2D eigenvalue weighted by Crippen LogP contribution is -2.41. The number of hydrogen-bond acceptors (Lipinski definition) is 6. The van der Waals surface area contributed by atoms with Crippen LogP contribution < -0.4 is 9.64 Å². The van der Waals surface area contributed by atoms with E-state index in [-0.39, 0.29) is 34.3 Å². The Morgan fingerprint density at radius 1 is 1.31 bits per heavy atom. The molecule has 2 aliphatic heterocycles. The van der Waals surface area contributed by atoms with Crippen molar-refractivity contribution in [3.8, 4) is 5.75 Å². The van der Waals surface area contributed by atoms with Gasteiger partial charge in [0.15, 0.2) is 16.7 Å². The average Bonchev–Trinajstić information content (AvgIpc) is 3.34.